The molecule has 1 atom stereocenters. The Balaban J connectivity index is 2.48. The molecule has 1 fully saturated rings. The molecule has 1 aliphatic heterocycles. The molecule has 0 aromatic rings. The summed E-state index contributed by atoms with van der Waals surface area (Å²) in [5.41, 5.74) is 0. The highest BCUT2D eigenvalue weighted by molar-refractivity contribution is 5.75. The highest BCUT2D eigenvalue weighted by atomic mass is 16.5. The second-order valence-electron chi connectivity index (χ2n) is 5.31. The van der Waals surface area contributed by atoms with Gasteiger partial charge in [-0.3, -0.25) is 4.79 Å². The van der Waals surface area contributed by atoms with Crippen molar-refractivity contribution >= 4 is 12.0 Å². The summed E-state index contributed by atoms with van der Waals surface area (Å²) in [6, 6.07) is -0.0314. The predicted octanol–water partition coefficient (Wildman–Crippen LogP) is 0.888. The van der Waals surface area contributed by atoms with Crippen LogP contribution in [0.5, 0.6) is 0 Å². The van der Waals surface area contributed by atoms with E-state index >= 15 is 0 Å². The minimum Gasteiger partial charge on any atom is -0.481 e. The van der Waals surface area contributed by atoms with Crippen LogP contribution in [0.4, 0.5) is 4.79 Å². The zero-order valence-electron chi connectivity index (χ0n) is 12.9. The molecule has 1 heterocycles. The maximum absolute atomic E-state index is 12.5. The van der Waals surface area contributed by atoms with Crippen LogP contribution in [0.3, 0.4) is 0 Å². The van der Waals surface area contributed by atoms with Crippen LogP contribution in [0.1, 0.15) is 19.3 Å². The molecule has 2 amide bonds. The molecule has 7 nitrogen and oxygen atoms in total. The maximum Gasteiger partial charge on any atom is 0.320 e. The third-order valence-corrected chi connectivity index (χ3v) is 3.63. The lowest BCUT2D eigenvalue weighted by Gasteiger charge is -2.28. The summed E-state index contributed by atoms with van der Waals surface area (Å²) in [5, 5.41) is 8.82. The number of aliphatic carboxylic acids is 1. The lowest BCUT2D eigenvalue weighted by Crippen LogP contribution is -2.44. The van der Waals surface area contributed by atoms with Crippen LogP contribution in [-0.2, 0) is 14.3 Å². The van der Waals surface area contributed by atoms with E-state index in [-0.39, 0.29) is 18.4 Å². The van der Waals surface area contributed by atoms with E-state index < -0.39 is 5.97 Å². The molecule has 0 aromatic heterocycles. The quantitative estimate of drug-likeness (QED) is 0.640. The van der Waals surface area contributed by atoms with Gasteiger partial charge in [0.25, 0.3) is 0 Å². The van der Waals surface area contributed by atoms with E-state index in [1.54, 1.807) is 24.0 Å². The Bertz CT molecular complexity index is 337. The molecule has 21 heavy (non-hydrogen) atoms. The molecule has 0 radical (unpaired) electrons. The predicted molar refractivity (Wildman–Crippen MR) is 77.3 cm³/mol. The van der Waals surface area contributed by atoms with Gasteiger partial charge in [0.1, 0.15) is 0 Å². The number of amides is 2. The van der Waals surface area contributed by atoms with E-state index in [2.05, 4.69) is 0 Å². The van der Waals surface area contributed by atoms with E-state index in [0.29, 0.717) is 39.4 Å². The highest BCUT2D eigenvalue weighted by Gasteiger charge is 2.30. The van der Waals surface area contributed by atoms with Crippen LogP contribution < -0.4 is 0 Å². The Morgan fingerprint density at radius 3 is 2.57 bits per heavy atom. The molecule has 1 unspecified atom stereocenters. The molecule has 0 aliphatic carbocycles. The van der Waals surface area contributed by atoms with E-state index in [4.69, 9.17) is 14.6 Å². The number of likely N-dealkylation sites (tertiary alicyclic amines) is 1. The number of hydrogen-bond donors (Lipinski definition) is 1. The number of nitrogens with zero attached hydrogens (tertiary/aromatic N) is 2. The van der Waals surface area contributed by atoms with Crippen molar-refractivity contribution in [2.45, 2.75) is 19.3 Å². The fraction of sp³-hybridized carbons (Fsp3) is 0.857. The number of carboxylic acid groups (broad SMARTS) is 1. The first kappa shape index (κ1) is 17.7. The first-order valence-electron chi connectivity index (χ1n) is 7.32. The minimum absolute atomic E-state index is 0.0314. The normalized spacial score (nSPS) is 18.0. The average Bonchev–Trinajstić information content (AvgIpc) is 2.89. The summed E-state index contributed by atoms with van der Waals surface area (Å²) in [7, 11) is 3.24. The second-order valence-corrected chi connectivity index (χ2v) is 5.31. The number of hydrogen-bond acceptors (Lipinski definition) is 4. The Kier molecular flexibility index (Phi) is 8.07. The summed E-state index contributed by atoms with van der Waals surface area (Å²) in [4.78, 5) is 26.7. The molecule has 1 rings (SSSR count). The number of ether oxygens (including phenoxy) is 2. The first-order valence-corrected chi connectivity index (χ1v) is 7.32. The molecule has 1 aliphatic rings. The monoisotopic (exact) mass is 302 g/mol. The summed E-state index contributed by atoms with van der Waals surface area (Å²) >= 11 is 0. The number of carboxylic acids is 1. The molecule has 7 heteroatoms. The standard InChI is InChI=1S/C14H26N2O5/c1-20-8-3-5-15(7-9-21-2)14(19)16-6-4-12(11-16)10-13(17)18/h12H,3-11H2,1-2H3,(H,17,18). The van der Waals surface area contributed by atoms with Crippen molar-refractivity contribution in [3.05, 3.63) is 0 Å². The molecular formula is C14H26N2O5. The van der Waals surface area contributed by atoms with Gasteiger partial charge in [-0.15, -0.1) is 0 Å². The van der Waals surface area contributed by atoms with Gasteiger partial charge >= 0.3 is 12.0 Å². The van der Waals surface area contributed by atoms with Crippen LogP contribution in [0.15, 0.2) is 0 Å². The van der Waals surface area contributed by atoms with Gasteiger partial charge < -0.3 is 24.4 Å². The van der Waals surface area contributed by atoms with Gasteiger partial charge in [-0.25, -0.2) is 4.79 Å². The largest absolute Gasteiger partial charge is 0.481 e. The molecule has 1 N–H and O–H groups in total. The Hall–Kier alpha value is -1.34. The number of carbonyl (C=O) groups is 2. The van der Waals surface area contributed by atoms with Crippen molar-refractivity contribution in [2.75, 3.05) is 53.6 Å². The fourth-order valence-corrected chi connectivity index (χ4v) is 2.52. The molecule has 0 spiro atoms. The summed E-state index contributed by atoms with van der Waals surface area (Å²) in [6.07, 6.45) is 1.66. The second kappa shape index (κ2) is 9.57. The Morgan fingerprint density at radius 2 is 1.95 bits per heavy atom. The third kappa shape index (κ3) is 6.31. The van der Waals surface area contributed by atoms with Gasteiger partial charge in [0.2, 0.25) is 0 Å². The van der Waals surface area contributed by atoms with E-state index in [9.17, 15) is 9.59 Å². The van der Waals surface area contributed by atoms with Crippen LogP contribution in [0.25, 0.3) is 0 Å². The van der Waals surface area contributed by atoms with Crippen LogP contribution in [0, 0.1) is 5.92 Å². The number of carbonyl (C=O) groups excluding carboxylic acids is 1. The third-order valence-electron chi connectivity index (χ3n) is 3.63. The minimum atomic E-state index is -0.800. The topological polar surface area (TPSA) is 79.3 Å². The smallest absolute Gasteiger partial charge is 0.320 e. The fourth-order valence-electron chi connectivity index (χ4n) is 2.52. The van der Waals surface area contributed by atoms with Gasteiger partial charge in [0, 0.05) is 53.4 Å². The van der Waals surface area contributed by atoms with Crippen LogP contribution in [0.2, 0.25) is 0 Å². The first-order chi connectivity index (χ1) is 10.1. The van der Waals surface area contributed by atoms with Crippen molar-refractivity contribution in [3.63, 3.8) is 0 Å². The average molecular weight is 302 g/mol. The summed E-state index contributed by atoms with van der Waals surface area (Å²) < 4.78 is 10.1. The lowest BCUT2D eigenvalue weighted by atomic mass is 10.1. The van der Waals surface area contributed by atoms with Gasteiger partial charge in [-0.2, -0.15) is 0 Å². The van der Waals surface area contributed by atoms with Crippen molar-refractivity contribution in [3.8, 4) is 0 Å². The summed E-state index contributed by atoms with van der Waals surface area (Å²) in [6.45, 7) is 3.42. The molecule has 122 valence electrons. The molecule has 0 aromatic carbocycles. The Morgan fingerprint density at radius 1 is 1.24 bits per heavy atom. The van der Waals surface area contributed by atoms with Crippen molar-refractivity contribution in [2.24, 2.45) is 5.92 Å². The summed E-state index contributed by atoms with van der Waals surface area (Å²) in [5.74, 6) is -0.736. The number of rotatable bonds is 9. The zero-order valence-corrected chi connectivity index (χ0v) is 12.9. The lowest BCUT2D eigenvalue weighted by molar-refractivity contribution is -0.138. The van der Waals surface area contributed by atoms with Gasteiger partial charge in [0.05, 0.1) is 6.61 Å². The molecule has 1 saturated heterocycles. The van der Waals surface area contributed by atoms with Crippen LogP contribution in [-0.4, -0.2) is 80.5 Å². The van der Waals surface area contributed by atoms with E-state index in [0.717, 1.165) is 12.8 Å². The Labute approximate surface area is 125 Å². The molecule has 0 bridgehead atoms. The maximum atomic E-state index is 12.5. The zero-order chi connectivity index (χ0) is 15.7. The van der Waals surface area contributed by atoms with Crippen molar-refractivity contribution < 1.29 is 24.2 Å². The SMILES string of the molecule is COCCCN(CCOC)C(=O)N1CCC(CC(=O)O)C1. The van der Waals surface area contributed by atoms with E-state index in [1.165, 1.54) is 0 Å². The highest BCUT2D eigenvalue weighted by Crippen LogP contribution is 2.20. The van der Waals surface area contributed by atoms with Gasteiger partial charge in [0.15, 0.2) is 0 Å². The van der Waals surface area contributed by atoms with E-state index in [1.807, 2.05) is 0 Å². The van der Waals surface area contributed by atoms with Gasteiger partial charge in [-0.1, -0.05) is 0 Å². The molecular weight excluding hydrogens is 276 g/mol. The number of urea groups is 1. The van der Waals surface area contributed by atoms with Gasteiger partial charge in [-0.05, 0) is 18.8 Å². The number of methoxy groups -OCH3 is 2. The van der Waals surface area contributed by atoms with Crippen LogP contribution >= 0.6 is 0 Å². The van der Waals surface area contributed by atoms with Crippen molar-refractivity contribution in [1.82, 2.24) is 9.80 Å². The molecule has 0 saturated carbocycles. The van der Waals surface area contributed by atoms with Crippen molar-refractivity contribution in [1.29, 1.82) is 0 Å².